The number of hydrogen-bond donors (Lipinski definition) is 1. The normalized spacial score (nSPS) is 13.0. The van der Waals surface area contributed by atoms with Gasteiger partial charge in [0.25, 0.3) is 0 Å². The number of nitrogens with two attached hydrogens (primary N) is 1. The molecular formula is C10H14FN. The van der Waals surface area contributed by atoms with E-state index in [1.165, 1.54) is 6.07 Å². The summed E-state index contributed by atoms with van der Waals surface area (Å²) < 4.78 is 13.2. The second-order valence-corrected chi connectivity index (χ2v) is 3.04. The van der Waals surface area contributed by atoms with Gasteiger partial charge in [0, 0.05) is 11.6 Å². The SMILES string of the molecule is CC[C@H](N)c1ccc(C)cc1F. The van der Waals surface area contributed by atoms with Gasteiger partial charge in [-0.25, -0.2) is 4.39 Å². The van der Waals surface area contributed by atoms with Gasteiger partial charge in [-0.3, -0.25) is 0 Å². The number of hydrogen-bond acceptors (Lipinski definition) is 1. The van der Waals surface area contributed by atoms with Gasteiger partial charge < -0.3 is 5.73 Å². The third-order valence-corrected chi connectivity index (χ3v) is 2.00. The van der Waals surface area contributed by atoms with E-state index in [4.69, 9.17) is 5.73 Å². The van der Waals surface area contributed by atoms with Crippen molar-refractivity contribution in [2.75, 3.05) is 0 Å². The average molecular weight is 167 g/mol. The third-order valence-electron chi connectivity index (χ3n) is 2.00. The molecule has 1 nitrogen and oxygen atoms in total. The van der Waals surface area contributed by atoms with Crippen LogP contribution in [0, 0.1) is 12.7 Å². The fraction of sp³-hybridized carbons (Fsp3) is 0.400. The second kappa shape index (κ2) is 3.68. The highest BCUT2D eigenvalue weighted by Crippen LogP contribution is 2.18. The van der Waals surface area contributed by atoms with Crippen LogP contribution in [-0.4, -0.2) is 0 Å². The molecule has 1 aromatic carbocycles. The minimum Gasteiger partial charge on any atom is -0.324 e. The summed E-state index contributed by atoms with van der Waals surface area (Å²) in [5.41, 5.74) is 7.25. The van der Waals surface area contributed by atoms with Crippen molar-refractivity contribution in [3.63, 3.8) is 0 Å². The molecule has 66 valence electrons. The largest absolute Gasteiger partial charge is 0.324 e. The molecule has 0 radical (unpaired) electrons. The zero-order chi connectivity index (χ0) is 9.14. The first kappa shape index (κ1) is 9.20. The predicted octanol–water partition coefficient (Wildman–Crippen LogP) is 2.54. The molecule has 0 aromatic heterocycles. The maximum atomic E-state index is 13.2. The van der Waals surface area contributed by atoms with Gasteiger partial charge in [-0.05, 0) is 25.0 Å². The fourth-order valence-electron chi connectivity index (χ4n) is 1.15. The van der Waals surface area contributed by atoms with Crippen molar-refractivity contribution in [1.82, 2.24) is 0 Å². The molecule has 0 heterocycles. The van der Waals surface area contributed by atoms with Crippen LogP contribution in [0.25, 0.3) is 0 Å². The van der Waals surface area contributed by atoms with Crippen molar-refractivity contribution in [3.8, 4) is 0 Å². The molecule has 0 aliphatic rings. The standard InChI is InChI=1S/C10H14FN/c1-3-10(12)8-5-4-7(2)6-9(8)11/h4-6,10H,3,12H2,1-2H3/t10-/m0/s1. The van der Waals surface area contributed by atoms with Crippen LogP contribution in [0.5, 0.6) is 0 Å². The van der Waals surface area contributed by atoms with Crippen LogP contribution in [0.3, 0.4) is 0 Å². The number of rotatable bonds is 2. The lowest BCUT2D eigenvalue weighted by Gasteiger charge is -2.10. The van der Waals surface area contributed by atoms with Crippen LogP contribution in [0.2, 0.25) is 0 Å². The second-order valence-electron chi connectivity index (χ2n) is 3.04. The number of aryl methyl sites for hydroxylation is 1. The van der Waals surface area contributed by atoms with Crippen molar-refractivity contribution < 1.29 is 4.39 Å². The predicted molar refractivity (Wildman–Crippen MR) is 48.4 cm³/mol. The van der Waals surface area contributed by atoms with Crippen LogP contribution >= 0.6 is 0 Å². The van der Waals surface area contributed by atoms with E-state index in [1.54, 1.807) is 6.07 Å². The smallest absolute Gasteiger partial charge is 0.128 e. The Labute approximate surface area is 72.4 Å². The van der Waals surface area contributed by atoms with Gasteiger partial charge in [0.1, 0.15) is 5.82 Å². The van der Waals surface area contributed by atoms with E-state index < -0.39 is 0 Å². The quantitative estimate of drug-likeness (QED) is 0.719. The fourth-order valence-corrected chi connectivity index (χ4v) is 1.15. The zero-order valence-electron chi connectivity index (χ0n) is 7.47. The Kier molecular flexibility index (Phi) is 2.82. The lowest BCUT2D eigenvalue weighted by atomic mass is 10.0. The Balaban J connectivity index is 3.01. The van der Waals surface area contributed by atoms with Crippen LogP contribution in [-0.2, 0) is 0 Å². The molecule has 0 spiro atoms. The molecular weight excluding hydrogens is 153 g/mol. The van der Waals surface area contributed by atoms with E-state index in [1.807, 2.05) is 19.9 Å². The molecule has 1 atom stereocenters. The van der Waals surface area contributed by atoms with E-state index in [9.17, 15) is 4.39 Å². The molecule has 0 aliphatic carbocycles. The van der Waals surface area contributed by atoms with E-state index >= 15 is 0 Å². The summed E-state index contributed by atoms with van der Waals surface area (Å²) in [5.74, 6) is -0.190. The number of halogens is 1. The Morgan fingerprint density at radius 3 is 2.67 bits per heavy atom. The van der Waals surface area contributed by atoms with Crippen LogP contribution in [0.4, 0.5) is 4.39 Å². The van der Waals surface area contributed by atoms with E-state index in [0.717, 1.165) is 12.0 Å². The zero-order valence-corrected chi connectivity index (χ0v) is 7.47. The maximum absolute atomic E-state index is 13.2. The van der Waals surface area contributed by atoms with Gasteiger partial charge >= 0.3 is 0 Å². The molecule has 0 fully saturated rings. The molecule has 0 saturated carbocycles. The van der Waals surface area contributed by atoms with Crippen molar-refractivity contribution in [2.24, 2.45) is 5.73 Å². The summed E-state index contributed by atoms with van der Waals surface area (Å²) in [6, 6.07) is 4.99. The molecule has 12 heavy (non-hydrogen) atoms. The van der Waals surface area contributed by atoms with Gasteiger partial charge in [-0.15, -0.1) is 0 Å². The van der Waals surface area contributed by atoms with Gasteiger partial charge in [0.05, 0.1) is 0 Å². The molecule has 2 heteroatoms. The molecule has 0 saturated heterocycles. The number of benzene rings is 1. The van der Waals surface area contributed by atoms with Crippen molar-refractivity contribution in [2.45, 2.75) is 26.3 Å². The molecule has 1 rings (SSSR count). The third kappa shape index (κ3) is 1.83. The first-order valence-corrected chi connectivity index (χ1v) is 4.16. The van der Waals surface area contributed by atoms with Gasteiger partial charge in [-0.1, -0.05) is 19.1 Å². The Morgan fingerprint density at radius 1 is 1.50 bits per heavy atom. The average Bonchev–Trinajstić information content (AvgIpc) is 2.03. The van der Waals surface area contributed by atoms with Crippen LogP contribution < -0.4 is 5.73 Å². The first-order valence-electron chi connectivity index (χ1n) is 4.16. The molecule has 0 unspecified atom stereocenters. The highest BCUT2D eigenvalue weighted by molar-refractivity contribution is 5.25. The van der Waals surface area contributed by atoms with E-state index in [0.29, 0.717) is 5.56 Å². The van der Waals surface area contributed by atoms with Crippen LogP contribution in [0.15, 0.2) is 18.2 Å². The van der Waals surface area contributed by atoms with Gasteiger partial charge in [-0.2, -0.15) is 0 Å². The summed E-state index contributed by atoms with van der Waals surface area (Å²) in [6.45, 7) is 3.81. The highest BCUT2D eigenvalue weighted by atomic mass is 19.1. The van der Waals surface area contributed by atoms with Crippen LogP contribution in [0.1, 0.15) is 30.5 Å². The summed E-state index contributed by atoms with van der Waals surface area (Å²) in [5, 5.41) is 0. The van der Waals surface area contributed by atoms with Gasteiger partial charge in [0.15, 0.2) is 0 Å². The van der Waals surface area contributed by atoms with E-state index in [2.05, 4.69) is 0 Å². The minimum absolute atomic E-state index is 0.175. The molecule has 0 aliphatic heterocycles. The lowest BCUT2D eigenvalue weighted by molar-refractivity contribution is 0.574. The Hall–Kier alpha value is -0.890. The molecule has 2 N–H and O–H groups in total. The van der Waals surface area contributed by atoms with Crippen molar-refractivity contribution in [3.05, 3.63) is 35.1 Å². The highest BCUT2D eigenvalue weighted by Gasteiger charge is 2.08. The van der Waals surface area contributed by atoms with E-state index in [-0.39, 0.29) is 11.9 Å². The molecule has 1 aromatic rings. The Bertz CT molecular complexity index is 271. The summed E-state index contributed by atoms with van der Waals surface area (Å²) in [7, 11) is 0. The first-order chi connectivity index (χ1) is 5.65. The van der Waals surface area contributed by atoms with Crippen molar-refractivity contribution >= 4 is 0 Å². The summed E-state index contributed by atoms with van der Waals surface area (Å²) in [4.78, 5) is 0. The molecule has 0 bridgehead atoms. The summed E-state index contributed by atoms with van der Waals surface area (Å²) in [6.07, 6.45) is 0.764. The minimum atomic E-state index is -0.190. The topological polar surface area (TPSA) is 26.0 Å². The maximum Gasteiger partial charge on any atom is 0.128 e. The van der Waals surface area contributed by atoms with Gasteiger partial charge in [0.2, 0.25) is 0 Å². The Morgan fingerprint density at radius 2 is 2.17 bits per heavy atom. The summed E-state index contributed by atoms with van der Waals surface area (Å²) >= 11 is 0. The van der Waals surface area contributed by atoms with Crippen molar-refractivity contribution in [1.29, 1.82) is 0 Å². The lowest BCUT2D eigenvalue weighted by Crippen LogP contribution is -2.10. The monoisotopic (exact) mass is 167 g/mol. The molecule has 0 amide bonds.